The summed E-state index contributed by atoms with van der Waals surface area (Å²) in [7, 11) is 0. The number of piperidine rings is 1. The number of halogens is 1. The monoisotopic (exact) mass is 287 g/mol. The van der Waals surface area contributed by atoms with Gasteiger partial charge in [-0.25, -0.2) is 0 Å². The molecule has 1 saturated heterocycles. The molecule has 1 aliphatic heterocycles. The first-order valence-corrected chi connectivity index (χ1v) is 7.55. The maximum absolute atomic E-state index is 12.4. The van der Waals surface area contributed by atoms with Gasteiger partial charge in [-0.15, -0.1) is 0 Å². The Hall–Kier alpha value is -0.0500. The zero-order valence-corrected chi connectivity index (χ0v) is 11.9. The molecule has 1 saturated carbocycles. The molecule has 16 heavy (non-hydrogen) atoms. The number of hydrogen-bond donors (Lipinski definition) is 0. The maximum atomic E-state index is 12.4. The third-order valence-electron chi connectivity index (χ3n) is 4.16. The van der Waals surface area contributed by atoms with Crippen LogP contribution in [0.25, 0.3) is 0 Å². The molecule has 2 unspecified atom stereocenters. The molecule has 2 fully saturated rings. The number of carbonyl (C=O) groups excluding carboxylic acids is 1. The lowest BCUT2D eigenvalue weighted by atomic mass is 9.98. The van der Waals surface area contributed by atoms with Crippen molar-refractivity contribution in [1.82, 2.24) is 4.90 Å². The molecule has 1 amide bonds. The number of nitrogens with zero attached hydrogens (tertiary/aromatic N) is 1. The molecule has 0 aromatic rings. The highest BCUT2D eigenvalue weighted by Crippen LogP contribution is 2.52. The Labute approximate surface area is 107 Å². The molecule has 2 nitrogen and oxygen atoms in total. The predicted octanol–water partition coefficient (Wildman–Crippen LogP) is 3.20. The fourth-order valence-electron chi connectivity index (χ4n) is 2.81. The average Bonchev–Trinajstić information content (AvgIpc) is 2.88. The quantitative estimate of drug-likeness (QED) is 0.730. The van der Waals surface area contributed by atoms with E-state index in [1.165, 1.54) is 19.3 Å². The summed E-state index contributed by atoms with van der Waals surface area (Å²) >= 11 is 3.50. The molecule has 2 aliphatic rings. The summed E-state index contributed by atoms with van der Waals surface area (Å²) < 4.78 is 0. The first-order valence-electron chi connectivity index (χ1n) is 6.43. The van der Waals surface area contributed by atoms with Crippen LogP contribution in [0.3, 0.4) is 0 Å². The minimum absolute atomic E-state index is 0.271. The molecular formula is C13H22BrNO. The van der Waals surface area contributed by atoms with Crippen LogP contribution in [0.15, 0.2) is 0 Å². The van der Waals surface area contributed by atoms with E-state index < -0.39 is 0 Å². The Balaban J connectivity index is 1.97. The third-order valence-corrected chi connectivity index (χ3v) is 4.62. The van der Waals surface area contributed by atoms with Gasteiger partial charge in [-0.05, 0) is 37.5 Å². The van der Waals surface area contributed by atoms with Crippen LogP contribution in [-0.4, -0.2) is 28.7 Å². The lowest BCUT2D eigenvalue weighted by Gasteiger charge is -2.36. The summed E-state index contributed by atoms with van der Waals surface area (Å²) in [5.41, 5.74) is 0.271. The van der Waals surface area contributed by atoms with Gasteiger partial charge in [0, 0.05) is 23.8 Å². The topological polar surface area (TPSA) is 20.3 Å². The Morgan fingerprint density at radius 1 is 1.44 bits per heavy atom. The van der Waals surface area contributed by atoms with Gasteiger partial charge in [0.05, 0.1) is 0 Å². The minimum atomic E-state index is 0.271. The predicted molar refractivity (Wildman–Crippen MR) is 69.7 cm³/mol. The lowest BCUT2D eigenvalue weighted by molar-refractivity contribution is -0.137. The highest BCUT2D eigenvalue weighted by atomic mass is 79.9. The first-order chi connectivity index (χ1) is 7.56. The second-order valence-corrected chi connectivity index (χ2v) is 6.70. The van der Waals surface area contributed by atoms with Crippen LogP contribution in [0.2, 0.25) is 0 Å². The van der Waals surface area contributed by atoms with Crippen LogP contribution >= 0.6 is 15.9 Å². The van der Waals surface area contributed by atoms with Gasteiger partial charge in [0.15, 0.2) is 0 Å². The Morgan fingerprint density at radius 3 is 2.69 bits per heavy atom. The van der Waals surface area contributed by atoms with Gasteiger partial charge < -0.3 is 4.90 Å². The molecule has 3 heteroatoms. The van der Waals surface area contributed by atoms with E-state index in [1.54, 1.807) is 0 Å². The van der Waals surface area contributed by atoms with Gasteiger partial charge in [0.2, 0.25) is 5.91 Å². The van der Waals surface area contributed by atoms with Crippen molar-refractivity contribution in [3.63, 3.8) is 0 Å². The smallest absolute Gasteiger partial charge is 0.226 e. The van der Waals surface area contributed by atoms with Gasteiger partial charge in [-0.1, -0.05) is 29.8 Å². The number of alkyl halides is 1. The van der Waals surface area contributed by atoms with Crippen molar-refractivity contribution in [3.05, 3.63) is 0 Å². The van der Waals surface area contributed by atoms with Crippen molar-refractivity contribution < 1.29 is 4.79 Å². The van der Waals surface area contributed by atoms with E-state index in [1.807, 2.05) is 0 Å². The number of amides is 1. The van der Waals surface area contributed by atoms with Crippen molar-refractivity contribution in [3.8, 4) is 0 Å². The van der Waals surface area contributed by atoms with Crippen LogP contribution in [0.5, 0.6) is 0 Å². The molecule has 0 spiro atoms. The van der Waals surface area contributed by atoms with E-state index in [0.29, 0.717) is 17.9 Å². The molecule has 0 N–H and O–H groups in total. The highest BCUT2D eigenvalue weighted by molar-refractivity contribution is 9.09. The Kier molecular flexibility index (Phi) is 3.62. The maximum Gasteiger partial charge on any atom is 0.226 e. The molecular weight excluding hydrogens is 266 g/mol. The SMILES string of the molecule is CC1(C)CC1C(=O)N1CCCCC1CCBr. The van der Waals surface area contributed by atoms with Crippen molar-refractivity contribution in [2.75, 3.05) is 11.9 Å². The highest BCUT2D eigenvalue weighted by Gasteiger charge is 2.52. The van der Waals surface area contributed by atoms with Crippen molar-refractivity contribution >= 4 is 21.8 Å². The van der Waals surface area contributed by atoms with Crippen LogP contribution < -0.4 is 0 Å². The Morgan fingerprint density at radius 2 is 2.12 bits per heavy atom. The molecule has 0 aromatic heterocycles. The summed E-state index contributed by atoms with van der Waals surface area (Å²) in [6.07, 6.45) is 5.87. The molecule has 0 bridgehead atoms. The lowest BCUT2D eigenvalue weighted by Crippen LogP contribution is -2.45. The molecule has 2 atom stereocenters. The number of carbonyl (C=O) groups is 1. The molecule has 0 aromatic carbocycles. The summed E-state index contributed by atoms with van der Waals surface area (Å²) in [5, 5.41) is 1.01. The summed E-state index contributed by atoms with van der Waals surface area (Å²) in [5.74, 6) is 0.735. The van der Waals surface area contributed by atoms with Gasteiger partial charge >= 0.3 is 0 Å². The number of hydrogen-bond acceptors (Lipinski definition) is 1. The molecule has 1 heterocycles. The second-order valence-electron chi connectivity index (χ2n) is 5.90. The number of rotatable bonds is 3. The van der Waals surface area contributed by atoms with E-state index in [4.69, 9.17) is 0 Å². The fourth-order valence-corrected chi connectivity index (χ4v) is 3.33. The summed E-state index contributed by atoms with van der Waals surface area (Å²) in [6.45, 7) is 5.40. The molecule has 92 valence electrons. The fraction of sp³-hybridized carbons (Fsp3) is 0.923. The van der Waals surface area contributed by atoms with Crippen LogP contribution in [0.4, 0.5) is 0 Å². The normalized spacial score (nSPS) is 32.6. The van der Waals surface area contributed by atoms with Crippen molar-refractivity contribution in [2.24, 2.45) is 11.3 Å². The minimum Gasteiger partial charge on any atom is -0.339 e. The zero-order valence-electron chi connectivity index (χ0n) is 10.3. The third kappa shape index (κ3) is 2.44. The van der Waals surface area contributed by atoms with E-state index >= 15 is 0 Å². The second kappa shape index (κ2) is 4.67. The largest absolute Gasteiger partial charge is 0.339 e. The standard InChI is InChI=1S/C13H22BrNO/c1-13(2)9-11(13)12(16)15-8-4-3-5-10(15)6-7-14/h10-11H,3-9H2,1-2H3. The van der Waals surface area contributed by atoms with E-state index in [-0.39, 0.29) is 5.41 Å². The Bertz CT molecular complexity index is 275. The van der Waals surface area contributed by atoms with Gasteiger partial charge in [0.1, 0.15) is 0 Å². The number of likely N-dealkylation sites (tertiary alicyclic amines) is 1. The van der Waals surface area contributed by atoms with Crippen LogP contribution in [0.1, 0.15) is 46.0 Å². The summed E-state index contributed by atoms with van der Waals surface area (Å²) in [4.78, 5) is 14.5. The molecule has 0 radical (unpaired) electrons. The van der Waals surface area contributed by atoms with Crippen molar-refractivity contribution in [1.29, 1.82) is 0 Å². The van der Waals surface area contributed by atoms with Crippen LogP contribution in [0, 0.1) is 11.3 Å². The van der Waals surface area contributed by atoms with Gasteiger partial charge in [0.25, 0.3) is 0 Å². The van der Waals surface area contributed by atoms with E-state index in [2.05, 4.69) is 34.7 Å². The van der Waals surface area contributed by atoms with Gasteiger partial charge in [-0.3, -0.25) is 4.79 Å². The average molecular weight is 288 g/mol. The zero-order chi connectivity index (χ0) is 11.8. The van der Waals surface area contributed by atoms with E-state index in [9.17, 15) is 4.79 Å². The molecule has 1 aliphatic carbocycles. The van der Waals surface area contributed by atoms with E-state index in [0.717, 1.165) is 24.7 Å². The van der Waals surface area contributed by atoms with Crippen molar-refractivity contribution in [2.45, 2.75) is 52.0 Å². The first kappa shape index (κ1) is 12.4. The van der Waals surface area contributed by atoms with Crippen LogP contribution in [-0.2, 0) is 4.79 Å². The van der Waals surface area contributed by atoms with Gasteiger partial charge in [-0.2, -0.15) is 0 Å². The summed E-state index contributed by atoms with van der Waals surface area (Å²) in [6, 6.07) is 0.497. The molecule has 2 rings (SSSR count).